The lowest BCUT2D eigenvalue weighted by Crippen LogP contribution is -2.35. The van der Waals surface area contributed by atoms with Crippen molar-refractivity contribution in [1.82, 2.24) is 19.9 Å². The van der Waals surface area contributed by atoms with Crippen molar-refractivity contribution in [3.63, 3.8) is 0 Å². The van der Waals surface area contributed by atoms with Crippen molar-refractivity contribution in [3.05, 3.63) is 106 Å². The van der Waals surface area contributed by atoms with Crippen LogP contribution in [0.1, 0.15) is 27.2 Å². The van der Waals surface area contributed by atoms with E-state index in [0.29, 0.717) is 17.6 Å². The molecule has 0 aliphatic rings. The van der Waals surface area contributed by atoms with Crippen molar-refractivity contribution >= 4 is 17.1 Å². The minimum Gasteiger partial charge on any atom is -0.346 e. The van der Waals surface area contributed by atoms with Gasteiger partial charge in [0, 0.05) is 19.3 Å². The van der Waals surface area contributed by atoms with E-state index in [9.17, 15) is 22.8 Å². The summed E-state index contributed by atoms with van der Waals surface area (Å²) in [5.41, 5.74) is 0.231. The first-order valence-corrected chi connectivity index (χ1v) is 10.2. The normalized spacial score (nSPS) is 11.5. The van der Waals surface area contributed by atoms with Crippen molar-refractivity contribution in [2.45, 2.75) is 25.7 Å². The highest BCUT2D eigenvalue weighted by Gasteiger charge is 2.30. The summed E-state index contributed by atoms with van der Waals surface area (Å²) in [5.74, 6) is -0.767. The maximum Gasteiger partial charge on any atom is 0.416 e. The van der Waals surface area contributed by atoms with Gasteiger partial charge in [-0.2, -0.15) is 13.2 Å². The van der Waals surface area contributed by atoms with Crippen molar-refractivity contribution < 1.29 is 18.0 Å². The van der Waals surface area contributed by atoms with Gasteiger partial charge in [0.05, 0.1) is 5.56 Å². The lowest BCUT2D eigenvalue weighted by Gasteiger charge is -2.12. The van der Waals surface area contributed by atoms with Gasteiger partial charge in [-0.3, -0.25) is 14.2 Å². The molecular formula is C24H19F3N4O2. The van der Waals surface area contributed by atoms with E-state index in [1.54, 1.807) is 12.1 Å². The molecule has 0 bridgehead atoms. The molecule has 0 aliphatic heterocycles. The number of nitrogens with zero attached hydrogens (tertiary/aromatic N) is 3. The van der Waals surface area contributed by atoms with Gasteiger partial charge in [-0.25, -0.2) is 9.97 Å². The van der Waals surface area contributed by atoms with Gasteiger partial charge in [-0.05, 0) is 41.8 Å². The van der Waals surface area contributed by atoms with Crippen LogP contribution in [0.2, 0.25) is 0 Å². The molecule has 0 atom stereocenters. The minimum atomic E-state index is -4.49. The van der Waals surface area contributed by atoms with Crippen LogP contribution in [0.4, 0.5) is 13.2 Å². The number of hydrogen-bond donors (Lipinski definition) is 1. The number of rotatable bonds is 6. The topological polar surface area (TPSA) is 76.9 Å². The monoisotopic (exact) mass is 452 g/mol. The number of amides is 1. The molecule has 9 heteroatoms. The quantitative estimate of drug-likeness (QED) is 0.480. The van der Waals surface area contributed by atoms with Crippen LogP contribution in [0.25, 0.3) is 11.2 Å². The third-order valence-electron chi connectivity index (χ3n) is 5.09. The Labute approximate surface area is 186 Å². The van der Waals surface area contributed by atoms with Crippen LogP contribution in [0, 0.1) is 0 Å². The number of carbonyl (C=O) groups excluding carboxylic acids is 1. The number of hydrogen-bond acceptors (Lipinski definition) is 4. The van der Waals surface area contributed by atoms with Crippen LogP contribution in [-0.4, -0.2) is 20.4 Å². The summed E-state index contributed by atoms with van der Waals surface area (Å²) in [5, 5.41) is 2.50. The van der Waals surface area contributed by atoms with Gasteiger partial charge < -0.3 is 5.32 Å². The van der Waals surface area contributed by atoms with E-state index < -0.39 is 23.2 Å². The average Bonchev–Trinajstić information content (AvgIpc) is 2.82. The van der Waals surface area contributed by atoms with Gasteiger partial charge in [0.2, 0.25) is 0 Å². The average molecular weight is 452 g/mol. The van der Waals surface area contributed by atoms with Crippen molar-refractivity contribution in [3.8, 4) is 0 Å². The first-order valence-electron chi connectivity index (χ1n) is 10.2. The molecule has 2 aromatic heterocycles. The van der Waals surface area contributed by atoms with Crippen LogP contribution in [0.5, 0.6) is 0 Å². The first kappa shape index (κ1) is 22.2. The molecule has 0 aliphatic carbocycles. The standard InChI is InChI=1S/C24H19F3N4O2/c25-24(26,27)18-9-4-8-17(14-18)15-29-22(32)20-23(33)31(13-11-16-6-2-1-3-7-16)21-19(30-20)10-5-12-28-21/h1-10,12,14H,11,13,15H2,(H,29,32). The van der Waals surface area contributed by atoms with Gasteiger partial charge in [-0.15, -0.1) is 0 Å². The van der Waals surface area contributed by atoms with E-state index in [1.165, 1.54) is 22.9 Å². The zero-order chi connectivity index (χ0) is 23.4. The van der Waals surface area contributed by atoms with Gasteiger partial charge in [0.15, 0.2) is 11.3 Å². The van der Waals surface area contributed by atoms with E-state index in [1.807, 2.05) is 30.3 Å². The number of alkyl halides is 3. The second-order valence-electron chi connectivity index (χ2n) is 7.38. The first-order chi connectivity index (χ1) is 15.8. The summed E-state index contributed by atoms with van der Waals surface area (Å²) < 4.78 is 40.2. The number of nitrogens with one attached hydrogen (secondary N) is 1. The van der Waals surface area contributed by atoms with Crippen LogP contribution in [0.3, 0.4) is 0 Å². The molecule has 0 saturated heterocycles. The Morgan fingerprint density at radius 3 is 2.48 bits per heavy atom. The Hall–Kier alpha value is -4.01. The highest BCUT2D eigenvalue weighted by Crippen LogP contribution is 2.29. The van der Waals surface area contributed by atoms with Gasteiger partial charge in [0.1, 0.15) is 5.52 Å². The molecule has 2 heterocycles. The summed E-state index contributed by atoms with van der Waals surface area (Å²) in [6.45, 7) is 0.103. The van der Waals surface area contributed by atoms with Gasteiger partial charge in [0.25, 0.3) is 11.5 Å². The summed E-state index contributed by atoms with van der Waals surface area (Å²) in [7, 11) is 0. The molecule has 4 rings (SSSR count). The molecule has 0 spiro atoms. The molecular weight excluding hydrogens is 433 g/mol. The minimum absolute atomic E-state index is 0.182. The summed E-state index contributed by atoms with van der Waals surface area (Å²) in [6.07, 6.45) is -2.41. The highest BCUT2D eigenvalue weighted by molar-refractivity contribution is 5.93. The van der Waals surface area contributed by atoms with Crippen LogP contribution >= 0.6 is 0 Å². The van der Waals surface area contributed by atoms with Crippen molar-refractivity contribution in [1.29, 1.82) is 0 Å². The number of aryl methyl sites for hydroxylation is 2. The summed E-state index contributed by atoms with van der Waals surface area (Å²) in [6, 6.07) is 17.5. The van der Waals surface area contributed by atoms with Gasteiger partial charge in [-0.1, -0.05) is 42.5 Å². The Morgan fingerprint density at radius 1 is 0.970 bits per heavy atom. The zero-order valence-corrected chi connectivity index (χ0v) is 17.3. The second kappa shape index (κ2) is 9.23. The Bertz CT molecular complexity index is 1350. The fourth-order valence-corrected chi connectivity index (χ4v) is 3.44. The smallest absolute Gasteiger partial charge is 0.346 e. The number of halogens is 3. The number of pyridine rings is 1. The number of carbonyl (C=O) groups is 1. The zero-order valence-electron chi connectivity index (χ0n) is 17.3. The maximum absolute atomic E-state index is 13.1. The predicted octanol–water partition coefficient (Wildman–Crippen LogP) is 3.98. The van der Waals surface area contributed by atoms with Crippen LogP contribution < -0.4 is 10.9 Å². The SMILES string of the molecule is O=C(NCc1cccc(C(F)(F)F)c1)c1nc2cccnc2n(CCc2ccccc2)c1=O. The van der Waals surface area contributed by atoms with E-state index >= 15 is 0 Å². The lowest BCUT2D eigenvalue weighted by molar-refractivity contribution is -0.137. The van der Waals surface area contributed by atoms with Crippen LogP contribution in [0.15, 0.2) is 77.7 Å². The van der Waals surface area contributed by atoms with Crippen LogP contribution in [-0.2, 0) is 25.7 Å². The summed E-state index contributed by atoms with van der Waals surface area (Å²) >= 11 is 0. The number of aromatic nitrogens is 3. The molecule has 168 valence electrons. The molecule has 6 nitrogen and oxygen atoms in total. The van der Waals surface area contributed by atoms with Crippen molar-refractivity contribution in [2.24, 2.45) is 0 Å². The number of benzene rings is 2. The molecule has 0 unspecified atom stereocenters. The summed E-state index contributed by atoms with van der Waals surface area (Å²) in [4.78, 5) is 34.3. The van der Waals surface area contributed by atoms with Crippen molar-refractivity contribution in [2.75, 3.05) is 0 Å². The fraction of sp³-hybridized carbons (Fsp3) is 0.167. The molecule has 4 aromatic rings. The fourth-order valence-electron chi connectivity index (χ4n) is 3.44. The third-order valence-corrected chi connectivity index (χ3v) is 5.09. The molecule has 0 saturated carbocycles. The van der Waals surface area contributed by atoms with E-state index in [-0.39, 0.29) is 24.3 Å². The Balaban J connectivity index is 1.60. The maximum atomic E-state index is 13.1. The van der Waals surface area contributed by atoms with E-state index in [0.717, 1.165) is 17.7 Å². The van der Waals surface area contributed by atoms with Gasteiger partial charge >= 0.3 is 6.18 Å². The van der Waals surface area contributed by atoms with E-state index in [4.69, 9.17) is 0 Å². The molecule has 1 N–H and O–H groups in total. The predicted molar refractivity (Wildman–Crippen MR) is 117 cm³/mol. The molecule has 0 fully saturated rings. The molecule has 2 aromatic carbocycles. The largest absolute Gasteiger partial charge is 0.416 e. The molecule has 1 amide bonds. The lowest BCUT2D eigenvalue weighted by atomic mass is 10.1. The third kappa shape index (κ3) is 5.08. The Kier molecular flexibility index (Phi) is 6.21. The molecule has 33 heavy (non-hydrogen) atoms. The second-order valence-corrected chi connectivity index (χ2v) is 7.38. The highest BCUT2D eigenvalue weighted by atomic mass is 19.4. The molecule has 0 radical (unpaired) electrons. The Morgan fingerprint density at radius 2 is 1.73 bits per heavy atom. The number of fused-ring (bicyclic) bond motifs is 1. The van der Waals surface area contributed by atoms with E-state index in [2.05, 4.69) is 15.3 Å².